The van der Waals surface area contributed by atoms with Crippen LogP contribution in [0, 0.1) is 5.41 Å². The second-order valence-electron chi connectivity index (χ2n) is 5.14. The van der Waals surface area contributed by atoms with Crippen molar-refractivity contribution in [3.8, 4) is 0 Å². The fourth-order valence-corrected chi connectivity index (χ4v) is 2.55. The molecule has 0 heterocycles. The van der Waals surface area contributed by atoms with E-state index in [9.17, 15) is 10.2 Å². The maximum absolute atomic E-state index is 9.43. The lowest BCUT2D eigenvalue weighted by molar-refractivity contribution is 0.0357. The Morgan fingerprint density at radius 3 is 1.27 bits per heavy atom. The van der Waals surface area contributed by atoms with E-state index in [4.69, 9.17) is 0 Å². The average Bonchev–Trinajstić information content (AvgIpc) is 2.33. The monoisotopic (exact) mass is 214 g/mol. The predicted octanol–water partition coefficient (Wildman–Crippen LogP) is 2.87. The maximum Gasteiger partial charge on any atom is 0.0509 e. The predicted molar refractivity (Wildman–Crippen MR) is 62.8 cm³/mol. The van der Waals surface area contributed by atoms with Gasteiger partial charge in [0.2, 0.25) is 0 Å². The third-order valence-corrected chi connectivity index (χ3v) is 3.84. The molecule has 0 bridgehead atoms. The molecule has 1 saturated carbocycles. The Hall–Kier alpha value is -0.0800. The molecule has 90 valence electrons. The van der Waals surface area contributed by atoms with Gasteiger partial charge < -0.3 is 10.2 Å². The smallest absolute Gasteiger partial charge is 0.0509 e. The van der Waals surface area contributed by atoms with Crippen LogP contribution >= 0.6 is 0 Å². The van der Waals surface area contributed by atoms with Crippen molar-refractivity contribution in [1.29, 1.82) is 0 Å². The Morgan fingerprint density at radius 2 is 0.933 bits per heavy atom. The molecule has 0 aromatic heterocycles. The second-order valence-corrected chi connectivity index (χ2v) is 5.14. The zero-order valence-electron chi connectivity index (χ0n) is 9.88. The van der Waals surface area contributed by atoms with E-state index in [0.29, 0.717) is 0 Å². The SMILES string of the molecule is OCC1(CO)CCCCCCCCCC1. The summed E-state index contributed by atoms with van der Waals surface area (Å²) in [5.74, 6) is 0. The van der Waals surface area contributed by atoms with Crippen LogP contribution in [0.1, 0.15) is 64.2 Å². The molecule has 2 heteroatoms. The molecular weight excluding hydrogens is 188 g/mol. The molecule has 0 atom stereocenters. The van der Waals surface area contributed by atoms with Gasteiger partial charge >= 0.3 is 0 Å². The summed E-state index contributed by atoms with van der Waals surface area (Å²) in [6.07, 6.45) is 12.3. The van der Waals surface area contributed by atoms with E-state index in [2.05, 4.69) is 0 Å². The van der Waals surface area contributed by atoms with Crippen LogP contribution in [0.15, 0.2) is 0 Å². The molecule has 1 rings (SSSR count). The number of aliphatic hydroxyl groups excluding tert-OH is 2. The summed E-state index contributed by atoms with van der Waals surface area (Å²) >= 11 is 0. The highest BCUT2D eigenvalue weighted by atomic mass is 16.3. The lowest BCUT2D eigenvalue weighted by Crippen LogP contribution is -2.29. The van der Waals surface area contributed by atoms with Crippen LogP contribution in [0.5, 0.6) is 0 Å². The normalized spacial score (nSPS) is 24.4. The van der Waals surface area contributed by atoms with Crippen LogP contribution in [-0.2, 0) is 0 Å². The van der Waals surface area contributed by atoms with Crippen LogP contribution in [0.4, 0.5) is 0 Å². The van der Waals surface area contributed by atoms with E-state index in [1.807, 2.05) is 0 Å². The van der Waals surface area contributed by atoms with Crippen molar-refractivity contribution < 1.29 is 10.2 Å². The van der Waals surface area contributed by atoms with Crippen molar-refractivity contribution in [1.82, 2.24) is 0 Å². The summed E-state index contributed by atoms with van der Waals surface area (Å²) in [4.78, 5) is 0. The molecule has 1 aliphatic carbocycles. The van der Waals surface area contributed by atoms with Gasteiger partial charge in [0.15, 0.2) is 0 Å². The summed E-state index contributed by atoms with van der Waals surface area (Å²) in [5, 5.41) is 18.9. The van der Waals surface area contributed by atoms with E-state index < -0.39 is 0 Å². The van der Waals surface area contributed by atoms with Gasteiger partial charge in [0.05, 0.1) is 13.2 Å². The first-order valence-corrected chi connectivity index (χ1v) is 6.55. The van der Waals surface area contributed by atoms with E-state index >= 15 is 0 Å². The zero-order valence-corrected chi connectivity index (χ0v) is 9.88. The Morgan fingerprint density at radius 1 is 0.600 bits per heavy atom. The quantitative estimate of drug-likeness (QED) is 0.742. The van der Waals surface area contributed by atoms with Crippen molar-refractivity contribution in [2.45, 2.75) is 64.2 Å². The topological polar surface area (TPSA) is 40.5 Å². The van der Waals surface area contributed by atoms with Gasteiger partial charge in [-0.1, -0.05) is 51.4 Å². The number of hydrogen-bond acceptors (Lipinski definition) is 2. The van der Waals surface area contributed by atoms with Gasteiger partial charge in [0.1, 0.15) is 0 Å². The van der Waals surface area contributed by atoms with Crippen LogP contribution in [0.3, 0.4) is 0 Å². The number of hydrogen-bond donors (Lipinski definition) is 2. The maximum atomic E-state index is 9.43. The Balaban J connectivity index is 2.44. The molecule has 0 unspecified atom stereocenters. The number of rotatable bonds is 2. The lowest BCUT2D eigenvalue weighted by Gasteiger charge is -2.29. The first kappa shape index (κ1) is 13.0. The lowest BCUT2D eigenvalue weighted by atomic mass is 9.79. The van der Waals surface area contributed by atoms with E-state index in [0.717, 1.165) is 12.8 Å². The van der Waals surface area contributed by atoms with Gasteiger partial charge in [-0.25, -0.2) is 0 Å². The molecule has 0 radical (unpaired) electrons. The summed E-state index contributed by atoms with van der Waals surface area (Å²) in [7, 11) is 0. The van der Waals surface area contributed by atoms with Gasteiger partial charge in [0, 0.05) is 5.41 Å². The van der Waals surface area contributed by atoms with E-state index in [-0.39, 0.29) is 18.6 Å². The van der Waals surface area contributed by atoms with Gasteiger partial charge in [0.25, 0.3) is 0 Å². The average molecular weight is 214 g/mol. The van der Waals surface area contributed by atoms with E-state index in [1.54, 1.807) is 0 Å². The molecular formula is C13H26O2. The standard InChI is InChI=1S/C13H26O2/c14-11-13(12-15)9-7-5-3-1-2-4-6-8-10-13/h14-15H,1-12H2. The molecule has 2 nitrogen and oxygen atoms in total. The molecule has 1 fully saturated rings. The summed E-state index contributed by atoms with van der Waals surface area (Å²) in [6, 6.07) is 0. The summed E-state index contributed by atoms with van der Waals surface area (Å²) in [5.41, 5.74) is -0.176. The third-order valence-electron chi connectivity index (χ3n) is 3.84. The molecule has 0 aliphatic heterocycles. The molecule has 0 amide bonds. The Kier molecular flexibility index (Phi) is 6.26. The summed E-state index contributed by atoms with van der Waals surface area (Å²) < 4.78 is 0. The first-order chi connectivity index (χ1) is 7.33. The van der Waals surface area contributed by atoms with Crippen LogP contribution < -0.4 is 0 Å². The van der Waals surface area contributed by atoms with Crippen LogP contribution in [-0.4, -0.2) is 23.4 Å². The van der Waals surface area contributed by atoms with Crippen molar-refractivity contribution >= 4 is 0 Å². The van der Waals surface area contributed by atoms with Gasteiger partial charge in [-0.3, -0.25) is 0 Å². The first-order valence-electron chi connectivity index (χ1n) is 6.55. The van der Waals surface area contributed by atoms with Crippen LogP contribution in [0.25, 0.3) is 0 Å². The van der Waals surface area contributed by atoms with Gasteiger partial charge in [-0.15, -0.1) is 0 Å². The largest absolute Gasteiger partial charge is 0.396 e. The van der Waals surface area contributed by atoms with E-state index in [1.165, 1.54) is 51.4 Å². The Labute approximate surface area is 93.7 Å². The van der Waals surface area contributed by atoms with Gasteiger partial charge in [-0.05, 0) is 12.8 Å². The fraction of sp³-hybridized carbons (Fsp3) is 1.00. The van der Waals surface area contributed by atoms with Crippen LogP contribution in [0.2, 0.25) is 0 Å². The highest BCUT2D eigenvalue weighted by Gasteiger charge is 2.27. The van der Waals surface area contributed by atoms with Crippen molar-refractivity contribution in [3.05, 3.63) is 0 Å². The molecule has 15 heavy (non-hydrogen) atoms. The van der Waals surface area contributed by atoms with Crippen molar-refractivity contribution in [2.75, 3.05) is 13.2 Å². The van der Waals surface area contributed by atoms with Crippen molar-refractivity contribution in [2.24, 2.45) is 5.41 Å². The van der Waals surface area contributed by atoms with Crippen molar-refractivity contribution in [3.63, 3.8) is 0 Å². The third kappa shape index (κ3) is 4.52. The minimum Gasteiger partial charge on any atom is -0.396 e. The molecule has 2 N–H and O–H groups in total. The highest BCUT2D eigenvalue weighted by Crippen LogP contribution is 2.31. The highest BCUT2D eigenvalue weighted by molar-refractivity contribution is 4.78. The molecule has 0 saturated heterocycles. The fourth-order valence-electron chi connectivity index (χ4n) is 2.55. The zero-order chi connectivity index (χ0) is 11.0. The van der Waals surface area contributed by atoms with Gasteiger partial charge in [-0.2, -0.15) is 0 Å². The minimum absolute atomic E-state index is 0.156. The molecule has 0 spiro atoms. The minimum atomic E-state index is -0.176. The Bertz CT molecular complexity index is 139. The summed E-state index contributed by atoms with van der Waals surface area (Å²) in [6.45, 7) is 0.312. The second kappa shape index (κ2) is 7.24. The molecule has 1 aliphatic rings. The molecule has 0 aromatic carbocycles. The molecule has 0 aromatic rings. The number of aliphatic hydroxyl groups is 2.